The zero-order chi connectivity index (χ0) is 18.6. The lowest BCUT2D eigenvalue weighted by atomic mass is 10.2. The summed E-state index contributed by atoms with van der Waals surface area (Å²) in [5.74, 6) is -0.179. The monoisotopic (exact) mass is 352 g/mol. The van der Waals surface area contributed by atoms with Crippen LogP contribution in [0.15, 0.2) is 99.4 Å². The van der Waals surface area contributed by atoms with E-state index in [-0.39, 0.29) is 5.78 Å². The van der Waals surface area contributed by atoms with Crippen LogP contribution in [0.5, 0.6) is 0 Å². The van der Waals surface area contributed by atoms with Gasteiger partial charge in [0.15, 0.2) is 0 Å². The number of hydrogen-bond donors (Lipinski definition) is 1. The zero-order valence-corrected chi connectivity index (χ0v) is 14.5. The largest absolute Gasteiger partial charge is 0.355 e. The summed E-state index contributed by atoms with van der Waals surface area (Å²) in [6.45, 7) is 3.47. The number of carbonyl (C=O) groups excluding carboxylic acids is 1. The Kier molecular flexibility index (Phi) is 4.41. The molecule has 0 bridgehead atoms. The van der Waals surface area contributed by atoms with Gasteiger partial charge in [-0.3, -0.25) is 9.79 Å². The van der Waals surface area contributed by atoms with Crippen molar-refractivity contribution < 1.29 is 4.79 Å². The van der Waals surface area contributed by atoms with Gasteiger partial charge in [0, 0.05) is 17.6 Å². The fourth-order valence-electron chi connectivity index (χ4n) is 2.72. The highest BCUT2D eigenvalue weighted by molar-refractivity contribution is 6.48. The highest BCUT2D eigenvalue weighted by atomic mass is 16.1. The van der Waals surface area contributed by atoms with E-state index in [0.717, 1.165) is 34.2 Å². The first-order chi connectivity index (χ1) is 13.2. The van der Waals surface area contributed by atoms with E-state index >= 15 is 0 Å². The molecule has 0 fully saturated rings. The Labute approximate surface area is 156 Å². The summed E-state index contributed by atoms with van der Waals surface area (Å²) in [7, 11) is 0. The van der Waals surface area contributed by atoms with Crippen molar-refractivity contribution in [3.8, 4) is 0 Å². The number of ketones is 1. The van der Waals surface area contributed by atoms with Crippen LogP contribution >= 0.6 is 0 Å². The molecule has 1 N–H and O–H groups in total. The molecule has 0 saturated heterocycles. The predicted molar refractivity (Wildman–Crippen MR) is 111 cm³/mol. The standard InChI is InChI=1S/C22H16N4O/c1-2-22(27)21-10-9-20(26-21)14-19-8-7-18(25-19)13-17-6-5-16(24-17)12-15-4-3-11-23-15/h2-14,25H,1H2/b15-12?,17-13?,20-14-. The van der Waals surface area contributed by atoms with Gasteiger partial charge in [-0.2, -0.15) is 0 Å². The first-order valence-electron chi connectivity index (χ1n) is 8.45. The van der Waals surface area contributed by atoms with Gasteiger partial charge in [-0.1, -0.05) is 6.58 Å². The van der Waals surface area contributed by atoms with Gasteiger partial charge < -0.3 is 4.98 Å². The van der Waals surface area contributed by atoms with Crippen LogP contribution in [0.4, 0.5) is 0 Å². The Hall–Kier alpha value is -3.86. The number of H-pyrrole nitrogens is 1. The molecule has 3 aliphatic heterocycles. The minimum Gasteiger partial charge on any atom is -0.355 e. The van der Waals surface area contributed by atoms with Crippen LogP contribution in [0.1, 0.15) is 11.4 Å². The van der Waals surface area contributed by atoms with E-state index in [4.69, 9.17) is 0 Å². The summed E-state index contributed by atoms with van der Waals surface area (Å²) in [5.41, 5.74) is 5.60. The van der Waals surface area contributed by atoms with Gasteiger partial charge >= 0.3 is 0 Å². The van der Waals surface area contributed by atoms with Crippen molar-refractivity contribution in [1.29, 1.82) is 0 Å². The highest BCUT2D eigenvalue weighted by Gasteiger charge is 2.10. The number of hydrogen-bond acceptors (Lipinski definition) is 4. The maximum absolute atomic E-state index is 11.6. The normalized spacial score (nSPS) is 21.7. The van der Waals surface area contributed by atoms with Crippen molar-refractivity contribution >= 4 is 35.6 Å². The maximum atomic E-state index is 11.6. The van der Waals surface area contributed by atoms with E-state index in [9.17, 15) is 4.79 Å². The lowest BCUT2D eigenvalue weighted by molar-refractivity contribution is -0.108. The van der Waals surface area contributed by atoms with Gasteiger partial charge in [0.25, 0.3) is 0 Å². The van der Waals surface area contributed by atoms with Crippen molar-refractivity contribution in [1.82, 2.24) is 4.98 Å². The summed E-state index contributed by atoms with van der Waals surface area (Å²) >= 11 is 0. The molecule has 0 atom stereocenters. The summed E-state index contributed by atoms with van der Waals surface area (Å²) in [4.78, 5) is 27.9. The number of aliphatic imine (C=N–C) groups is 3. The molecular formula is C22H16N4O. The Balaban J connectivity index is 1.49. The number of rotatable bonds is 5. The fraction of sp³-hybridized carbons (Fsp3) is 0. The van der Waals surface area contributed by atoms with Crippen LogP contribution in [0, 0.1) is 0 Å². The molecule has 0 unspecified atom stereocenters. The quantitative estimate of drug-likeness (QED) is 0.800. The summed E-state index contributed by atoms with van der Waals surface area (Å²) < 4.78 is 0. The molecular weight excluding hydrogens is 336 g/mol. The van der Waals surface area contributed by atoms with Crippen LogP contribution in [0.3, 0.4) is 0 Å². The van der Waals surface area contributed by atoms with Gasteiger partial charge in [0.2, 0.25) is 5.78 Å². The molecule has 0 amide bonds. The van der Waals surface area contributed by atoms with Crippen molar-refractivity contribution in [3.63, 3.8) is 0 Å². The Bertz CT molecular complexity index is 1080. The molecule has 4 heterocycles. The topological polar surface area (TPSA) is 69.9 Å². The molecule has 1 aromatic rings. The van der Waals surface area contributed by atoms with Crippen LogP contribution in [0.2, 0.25) is 0 Å². The molecule has 1 aromatic heterocycles. The summed E-state index contributed by atoms with van der Waals surface area (Å²) in [5, 5.41) is 0. The Morgan fingerprint density at radius 2 is 1.63 bits per heavy atom. The Morgan fingerprint density at radius 3 is 2.33 bits per heavy atom. The van der Waals surface area contributed by atoms with E-state index in [2.05, 4.69) is 26.5 Å². The zero-order valence-electron chi connectivity index (χ0n) is 14.5. The lowest BCUT2D eigenvalue weighted by Gasteiger charge is -1.92. The highest BCUT2D eigenvalue weighted by Crippen LogP contribution is 2.18. The summed E-state index contributed by atoms with van der Waals surface area (Å²) in [6, 6.07) is 3.93. The molecule has 0 aliphatic carbocycles. The first-order valence-corrected chi connectivity index (χ1v) is 8.45. The molecule has 0 saturated carbocycles. The number of carbonyl (C=O) groups is 1. The number of nitrogens with zero attached hydrogens (tertiary/aromatic N) is 3. The molecule has 0 radical (unpaired) electrons. The van der Waals surface area contributed by atoms with Gasteiger partial charge in [0.1, 0.15) is 5.71 Å². The molecule has 3 aliphatic rings. The fourth-order valence-corrected chi connectivity index (χ4v) is 2.72. The van der Waals surface area contributed by atoms with E-state index in [0.29, 0.717) is 5.71 Å². The number of aromatic amines is 1. The third-order valence-corrected chi connectivity index (χ3v) is 3.99. The molecule has 0 spiro atoms. The SMILES string of the molecule is C=CC(=O)C1=N/C(=C\c2ccc(C=C3C=CC(C=C4C=CC=N4)=N3)[nH]2)C=C1. The van der Waals surface area contributed by atoms with Crippen molar-refractivity contribution in [2.24, 2.45) is 15.0 Å². The number of aromatic nitrogens is 1. The van der Waals surface area contributed by atoms with Crippen molar-refractivity contribution in [3.05, 3.63) is 95.8 Å². The second-order valence-corrected chi connectivity index (χ2v) is 5.98. The molecule has 27 heavy (non-hydrogen) atoms. The minimum atomic E-state index is -0.179. The second kappa shape index (κ2) is 7.17. The van der Waals surface area contributed by atoms with Crippen LogP contribution in [0.25, 0.3) is 12.2 Å². The van der Waals surface area contributed by atoms with Crippen LogP contribution < -0.4 is 0 Å². The third kappa shape index (κ3) is 3.88. The van der Waals surface area contributed by atoms with Crippen molar-refractivity contribution in [2.75, 3.05) is 0 Å². The van der Waals surface area contributed by atoms with E-state index in [1.165, 1.54) is 6.08 Å². The van der Waals surface area contributed by atoms with E-state index in [1.54, 1.807) is 18.4 Å². The van der Waals surface area contributed by atoms with E-state index in [1.807, 2.05) is 54.7 Å². The second-order valence-electron chi connectivity index (χ2n) is 5.98. The van der Waals surface area contributed by atoms with Gasteiger partial charge in [-0.05, 0) is 72.9 Å². The number of nitrogens with one attached hydrogen (secondary N) is 1. The van der Waals surface area contributed by atoms with Gasteiger partial charge in [-0.25, -0.2) is 9.98 Å². The molecule has 4 rings (SSSR count). The third-order valence-electron chi connectivity index (χ3n) is 3.99. The van der Waals surface area contributed by atoms with E-state index < -0.39 is 0 Å². The van der Waals surface area contributed by atoms with Crippen molar-refractivity contribution in [2.45, 2.75) is 0 Å². The smallest absolute Gasteiger partial charge is 0.203 e. The first kappa shape index (κ1) is 16.6. The molecule has 5 heteroatoms. The van der Waals surface area contributed by atoms with Gasteiger partial charge in [-0.15, -0.1) is 0 Å². The predicted octanol–water partition coefficient (Wildman–Crippen LogP) is 4.00. The van der Waals surface area contributed by atoms with Crippen LogP contribution in [-0.2, 0) is 4.79 Å². The lowest BCUT2D eigenvalue weighted by Crippen LogP contribution is -2.04. The van der Waals surface area contributed by atoms with Crippen LogP contribution in [-0.4, -0.2) is 28.4 Å². The number of allylic oxidation sites excluding steroid dienone is 8. The summed E-state index contributed by atoms with van der Waals surface area (Å²) in [6.07, 6.45) is 20.1. The Morgan fingerprint density at radius 1 is 0.889 bits per heavy atom. The van der Waals surface area contributed by atoms with Gasteiger partial charge in [0.05, 0.1) is 22.8 Å². The maximum Gasteiger partial charge on any atom is 0.203 e. The average molecular weight is 352 g/mol. The molecule has 130 valence electrons. The molecule has 5 nitrogen and oxygen atoms in total. The average Bonchev–Trinajstić information content (AvgIpc) is 3.45. The minimum absolute atomic E-state index is 0.179. The molecule has 0 aromatic carbocycles.